The number of hydrogen-bond donors (Lipinski definition) is 3. The van der Waals surface area contributed by atoms with E-state index in [2.05, 4.69) is 54.2 Å². The van der Waals surface area contributed by atoms with E-state index in [1.165, 1.54) is 0 Å². The molecule has 0 radical (unpaired) electrons. The molecule has 2 amide bonds. The summed E-state index contributed by atoms with van der Waals surface area (Å²) in [7, 11) is 0. The van der Waals surface area contributed by atoms with Crippen LogP contribution in [-0.4, -0.2) is 55.8 Å². The molecular weight excluding hydrogens is 522 g/mol. The van der Waals surface area contributed by atoms with Crippen LogP contribution in [0.5, 0.6) is 0 Å². The van der Waals surface area contributed by atoms with E-state index in [0.717, 1.165) is 45.6 Å². The van der Waals surface area contributed by atoms with E-state index in [4.69, 9.17) is 4.98 Å². The fourth-order valence-electron chi connectivity index (χ4n) is 4.32. The molecule has 1 fully saturated rings. The van der Waals surface area contributed by atoms with E-state index >= 15 is 0 Å². The highest BCUT2D eigenvalue weighted by molar-refractivity contribution is 9.10. The maximum absolute atomic E-state index is 13.1. The van der Waals surface area contributed by atoms with Crippen LogP contribution in [0.2, 0.25) is 0 Å². The normalized spacial score (nSPS) is 15.5. The Bertz CT molecular complexity index is 1450. The number of piperidine rings is 1. The number of nitrogens with zero attached hydrogens (tertiary/aromatic N) is 4. The Balaban J connectivity index is 1.31. The van der Waals surface area contributed by atoms with Crippen molar-refractivity contribution in [1.29, 1.82) is 0 Å². The van der Waals surface area contributed by atoms with Gasteiger partial charge in [-0.15, -0.1) is 0 Å². The van der Waals surface area contributed by atoms with E-state index in [9.17, 15) is 9.59 Å². The Morgan fingerprint density at radius 1 is 1.17 bits per heavy atom. The van der Waals surface area contributed by atoms with Crippen LogP contribution in [0.25, 0.3) is 22.2 Å². The number of halogens is 1. The molecule has 0 saturated carbocycles. The number of aromatic amines is 1. The van der Waals surface area contributed by atoms with Gasteiger partial charge in [0.2, 0.25) is 11.9 Å². The number of rotatable bonds is 6. The number of pyridine rings is 1. The van der Waals surface area contributed by atoms with E-state index in [1.54, 1.807) is 29.3 Å². The molecule has 1 aromatic carbocycles. The van der Waals surface area contributed by atoms with Crippen molar-refractivity contribution in [3.05, 3.63) is 77.7 Å². The molecule has 3 N–H and O–H groups in total. The third-order valence-corrected chi connectivity index (χ3v) is 6.62. The predicted molar refractivity (Wildman–Crippen MR) is 143 cm³/mol. The molecule has 36 heavy (non-hydrogen) atoms. The summed E-state index contributed by atoms with van der Waals surface area (Å²) in [5.74, 6) is 0.249. The zero-order valence-corrected chi connectivity index (χ0v) is 21.0. The smallest absolute Gasteiger partial charge is 0.272 e. The maximum Gasteiger partial charge on any atom is 0.272 e. The molecule has 1 saturated heterocycles. The van der Waals surface area contributed by atoms with Gasteiger partial charge in [-0.05, 0) is 53.0 Å². The summed E-state index contributed by atoms with van der Waals surface area (Å²) >= 11 is 3.58. The van der Waals surface area contributed by atoms with Crippen molar-refractivity contribution < 1.29 is 9.59 Å². The Kier molecular flexibility index (Phi) is 6.77. The van der Waals surface area contributed by atoms with Crippen LogP contribution in [0.1, 0.15) is 23.3 Å². The van der Waals surface area contributed by atoms with Crippen LogP contribution in [0.15, 0.2) is 72.0 Å². The number of hydrogen-bond acceptors (Lipinski definition) is 6. The van der Waals surface area contributed by atoms with E-state index in [1.807, 2.05) is 24.4 Å². The van der Waals surface area contributed by atoms with E-state index in [-0.39, 0.29) is 23.6 Å². The fourth-order valence-corrected chi connectivity index (χ4v) is 4.72. The summed E-state index contributed by atoms with van der Waals surface area (Å²) < 4.78 is 0.799. The van der Waals surface area contributed by atoms with Gasteiger partial charge in [-0.3, -0.25) is 9.59 Å². The van der Waals surface area contributed by atoms with Crippen LogP contribution < -0.4 is 10.6 Å². The zero-order valence-electron chi connectivity index (χ0n) is 19.4. The minimum atomic E-state index is -0.379. The lowest BCUT2D eigenvalue weighted by Crippen LogP contribution is -2.45. The highest BCUT2D eigenvalue weighted by Gasteiger charge is 2.26. The Morgan fingerprint density at radius 3 is 2.89 bits per heavy atom. The van der Waals surface area contributed by atoms with Crippen LogP contribution in [0.3, 0.4) is 0 Å². The second kappa shape index (κ2) is 10.3. The van der Waals surface area contributed by atoms with Crippen LogP contribution in [-0.2, 0) is 4.79 Å². The minimum absolute atomic E-state index is 0.0108. The predicted octanol–water partition coefficient (Wildman–Crippen LogP) is 4.62. The van der Waals surface area contributed by atoms with Crippen molar-refractivity contribution in [3.8, 4) is 11.3 Å². The van der Waals surface area contributed by atoms with Crippen LogP contribution >= 0.6 is 15.9 Å². The van der Waals surface area contributed by atoms with Gasteiger partial charge in [-0.2, -0.15) is 0 Å². The first-order valence-electron chi connectivity index (χ1n) is 11.6. The molecule has 0 bridgehead atoms. The average molecular weight is 546 g/mol. The van der Waals surface area contributed by atoms with Gasteiger partial charge in [0, 0.05) is 48.0 Å². The number of carbonyl (C=O) groups excluding carboxylic acids is 2. The topological polar surface area (TPSA) is 116 Å². The first-order valence-corrected chi connectivity index (χ1v) is 12.4. The highest BCUT2D eigenvalue weighted by Crippen LogP contribution is 2.32. The molecule has 1 unspecified atom stereocenters. The van der Waals surface area contributed by atoms with Crippen molar-refractivity contribution in [3.63, 3.8) is 0 Å². The van der Waals surface area contributed by atoms with Gasteiger partial charge in [0.15, 0.2) is 0 Å². The number of aromatic nitrogens is 4. The van der Waals surface area contributed by atoms with E-state index < -0.39 is 0 Å². The van der Waals surface area contributed by atoms with Gasteiger partial charge in [0.05, 0.1) is 10.2 Å². The SMILES string of the molecule is C=CC(=O)Nc1cccc(C(=O)N2CCCC(Nc3ncc(Br)c(-c4c[nH]c5ccccc45)n3)C2)n1. The van der Waals surface area contributed by atoms with E-state index in [0.29, 0.717) is 24.9 Å². The lowest BCUT2D eigenvalue weighted by Gasteiger charge is -2.33. The van der Waals surface area contributed by atoms with Crippen molar-refractivity contribution in [2.24, 2.45) is 0 Å². The van der Waals surface area contributed by atoms with Crippen molar-refractivity contribution in [2.75, 3.05) is 23.7 Å². The van der Waals surface area contributed by atoms with Gasteiger partial charge in [0.25, 0.3) is 5.91 Å². The molecule has 10 heteroatoms. The average Bonchev–Trinajstić information content (AvgIpc) is 3.33. The molecule has 1 atom stereocenters. The summed E-state index contributed by atoms with van der Waals surface area (Å²) in [6.45, 7) is 4.55. The summed E-state index contributed by atoms with van der Waals surface area (Å²) in [5, 5.41) is 7.07. The number of anilines is 2. The molecule has 1 aliphatic heterocycles. The number of para-hydroxylation sites is 1. The fraction of sp³-hybridized carbons (Fsp3) is 0.192. The zero-order chi connectivity index (χ0) is 25.1. The number of carbonyl (C=O) groups is 2. The quantitative estimate of drug-likeness (QED) is 0.304. The standard InChI is InChI=1S/C26H24BrN7O2/c1-2-23(35)32-22-11-5-10-21(31-22)25(36)34-12-6-7-16(15-34)30-26-29-14-19(27)24(33-26)18-13-28-20-9-4-3-8-17(18)20/h2-5,8-11,13-14,16,28H,1,6-7,12,15H2,(H,29,30,33)(H,31,32,35). The van der Waals surface area contributed by atoms with Gasteiger partial charge in [-0.25, -0.2) is 15.0 Å². The van der Waals surface area contributed by atoms with Crippen molar-refractivity contribution in [1.82, 2.24) is 24.8 Å². The third-order valence-electron chi connectivity index (χ3n) is 6.04. The molecule has 4 heterocycles. The maximum atomic E-state index is 13.1. The molecule has 3 aromatic heterocycles. The lowest BCUT2D eigenvalue weighted by molar-refractivity contribution is -0.111. The molecule has 4 aromatic rings. The summed E-state index contributed by atoms with van der Waals surface area (Å²) in [6, 6.07) is 13.0. The number of benzene rings is 1. The highest BCUT2D eigenvalue weighted by atomic mass is 79.9. The third kappa shape index (κ3) is 4.99. The number of amides is 2. The second-order valence-electron chi connectivity index (χ2n) is 8.47. The summed E-state index contributed by atoms with van der Waals surface area (Å²) in [5.41, 5.74) is 3.09. The van der Waals surface area contributed by atoms with Crippen molar-refractivity contribution in [2.45, 2.75) is 18.9 Å². The van der Waals surface area contributed by atoms with Crippen LogP contribution in [0, 0.1) is 0 Å². The molecular formula is C26H24BrN7O2. The summed E-state index contributed by atoms with van der Waals surface area (Å²) in [6.07, 6.45) is 6.56. The van der Waals surface area contributed by atoms with Gasteiger partial charge >= 0.3 is 0 Å². The molecule has 9 nitrogen and oxygen atoms in total. The van der Waals surface area contributed by atoms with Gasteiger partial charge in [-0.1, -0.05) is 30.8 Å². The molecule has 0 aliphatic carbocycles. The largest absolute Gasteiger partial charge is 0.360 e. The monoisotopic (exact) mass is 545 g/mol. The second-order valence-corrected chi connectivity index (χ2v) is 9.33. The number of nitrogens with one attached hydrogen (secondary N) is 3. The molecule has 1 aliphatic rings. The summed E-state index contributed by atoms with van der Waals surface area (Å²) in [4.78, 5) is 43.3. The number of likely N-dealkylation sites (tertiary alicyclic amines) is 1. The first kappa shape index (κ1) is 23.7. The Hall–Kier alpha value is -4.05. The molecule has 0 spiro atoms. The molecule has 5 rings (SSSR count). The number of fused-ring (bicyclic) bond motifs is 1. The van der Waals surface area contributed by atoms with Crippen molar-refractivity contribution >= 4 is 50.4 Å². The number of H-pyrrole nitrogens is 1. The lowest BCUT2D eigenvalue weighted by atomic mass is 10.1. The minimum Gasteiger partial charge on any atom is -0.360 e. The Labute approximate surface area is 216 Å². The van der Waals surface area contributed by atoms with Gasteiger partial charge < -0.3 is 20.5 Å². The van der Waals surface area contributed by atoms with Gasteiger partial charge in [0.1, 0.15) is 11.5 Å². The first-order chi connectivity index (χ1) is 17.5. The van der Waals surface area contributed by atoms with Crippen LogP contribution in [0.4, 0.5) is 11.8 Å². The Morgan fingerprint density at radius 2 is 2.03 bits per heavy atom. The molecule has 182 valence electrons.